The molecule has 0 spiro atoms. The number of hydrogen-bond acceptors (Lipinski definition) is 4. The maximum atomic E-state index is 12.7. The van der Waals surface area contributed by atoms with Crippen LogP contribution in [-0.2, 0) is 18.4 Å². The van der Waals surface area contributed by atoms with E-state index in [0.29, 0.717) is 16.1 Å². The van der Waals surface area contributed by atoms with Crippen LogP contribution in [0.3, 0.4) is 0 Å². The van der Waals surface area contributed by atoms with Crippen molar-refractivity contribution in [1.29, 1.82) is 0 Å². The van der Waals surface area contributed by atoms with E-state index in [0.717, 1.165) is 30.0 Å². The summed E-state index contributed by atoms with van der Waals surface area (Å²) in [6, 6.07) is 7.58. The van der Waals surface area contributed by atoms with Crippen LogP contribution < -0.4 is 11.1 Å². The van der Waals surface area contributed by atoms with E-state index in [4.69, 9.17) is 5.73 Å². The van der Waals surface area contributed by atoms with Crippen LogP contribution in [0.4, 0.5) is 5.00 Å². The average molecular weight is 372 g/mol. The Morgan fingerprint density at radius 1 is 1.19 bits per heavy atom. The Kier molecular flexibility index (Phi) is 4.90. The number of rotatable bonds is 3. The second-order valence-electron chi connectivity index (χ2n) is 7.84. The van der Waals surface area contributed by atoms with Crippen molar-refractivity contribution in [2.75, 3.05) is 18.9 Å². The van der Waals surface area contributed by atoms with Crippen molar-refractivity contribution in [1.82, 2.24) is 4.90 Å². The highest BCUT2D eigenvalue weighted by atomic mass is 32.1. The van der Waals surface area contributed by atoms with Crippen molar-refractivity contribution in [2.24, 2.45) is 5.73 Å². The lowest BCUT2D eigenvalue weighted by Gasteiger charge is -2.22. The minimum absolute atomic E-state index is 0.0347. The summed E-state index contributed by atoms with van der Waals surface area (Å²) in [6.07, 6.45) is 0.775. The number of benzene rings is 1. The van der Waals surface area contributed by atoms with Gasteiger partial charge >= 0.3 is 0 Å². The Morgan fingerprint density at radius 3 is 2.42 bits per heavy atom. The first kappa shape index (κ1) is 18.6. The Balaban J connectivity index is 1.87. The lowest BCUT2D eigenvalue weighted by molar-refractivity contribution is 0.1000. The number of thiophene rings is 1. The van der Waals surface area contributed by atoms with Crippen LogP contribution in [0.1, 0.15) is 57.5 Å². The zero-order valence-electron chi connectivity index (χ0n) is 15.7. The summed E-state index contributed by atoms with van der Waals surface area (Å²) >= 11 is 1.45. The molecule has 0 fully saturated rings. The largest absolute Gasteiger partial charge is 0.365 e. The molecule has 2 amide bonds. The SMILES string of the molecule is CN1CCc2c(sc(NC(=O)c3ccc(C(C)(C)C)cc3)c2C(N)=O)C1. The molecule has 5 nitrogen and oxygen atoms in total. The number of anilines is 1. The molecule has 0 saturated heterocycles. The number of nitrogens with two attached hydrogens (primary N) is 1. The molecule has 0 saturated carbocycles. The van der Waals surface area contributed by atoms with Gasteiger partial charge in [-0.2, -0.15) is 0 Å². The van der Waals surface area contributed by atoms with E-state index in [1.165, 1.54) is 16.9 Å². The van der Waals surface area contributed by atoms with Crippen molar-refractivity contribution < 1.29 is 9.59 Å². The standard InChI is InChI=1S/C20H25N3O2S/c1-20(2,3)13-7-5-12(6-8-13)18(25)22-19-16(17(21)24)14-9-10-23(4)11-15(14)26-19/h5-8H,9-11H2,1-4H3,(H2,21,24)(H,22,25). The first-order chi connectivity index (χ1) is 12.2. The highest BCUT2D eigenvalue weighted by Crippen LogP contribution is 2.36. The van der Waals surface area contributed by atoms with Gasteiger partial charge < -0.3 is 16.0 Å². The smallest absolute Gasteiger partial charge is 0.256 e. The highest BCUT2D eigenvalue weighted by Gasteiger charge is 2.26. The van der Waals surface area contributed by atoms with E-state index in [-0.39, 0.29) is 11.3 Å². The van der Waals surface area contributed by atoms with Gasteiger partial charge in [0, 0.05) is 23.5 Å². The van der Waals surface area contributed by atoms with Gasteiger partial charge in [0.05, 0.1) is 5.56 Å². The molecule has 138 valence electrons. The van der Waals surface area contributed by atoms with Crippen LogP contribution >= 0.6 is 11.3 Å². The van der Waals surface area contributed by atoms with Gasteiger partial charge in [0.2, 0.25) is 0 Å². The third-order valence-electron chi connectivity index (χ3n) is 4.73. The lowest BCUT2D eigenvalue weighted by Crippen LogP contribution is -2.27. The summed E-state index contributed by atoms with van der Waals surface area (Å²) in [4.78, 5) is 27.9. The summed E-state index contributed by atoms with van der Waals surface area (Å²) in [6.45, 7) is 8.05. The summed E-state index contributed by atoms with van der Waals surface area (Å²) in [5, 5.41) is 3.46. The van der Waals surface area contributed by atoms with E-state index in [2.05, 4.69) is 31.0 Å². The van der Waals surface area contributed by atoms with Gasteiger partial charge in [-0.05, 0) is 42.1 Å². The predicted octanol–water partition coefficient (Wildman–Crippen LogP) is 3.38. The molecule has 6 heteroatoms. The number of fused-ring (bicyclic) bond motifs is 1. The molecule has 3 N–H and O–H groups in total. The van der Waals surface area contributed by atoms with E-state index >= 15 is 0 Å². The fourth-order valence-electron chi connectivity index (χ4n) is 3.18. The molecule has 2 aromatic rings. The lowest BCUT2D eigenvalue weighted by atomic mass is 9.87. The summed E-state index contributed by atoms with van der Waals surface area (Å²) in [5.41, 5.74) is 8.83. The molecule has 0 bridgehead atoms. The molecule has 26 heavy (non-hydrogen) atoms. The van der Waals surface area contributed by atoms with Gasteiger partial charge in [-0.3, -0.25) is 9.59 Å². The van der Waals surface area contributed by atoms with Crippen molar-refractivity contribution in [3.8, 4) is 0 Å². The van der Waals surface area contributed by atoms with Gasteiger partial charge in [-0.25, -0.2) is 0 Å². The number of likely N-dealkylation sites (N-methyl/N-ethyl adjacent to an activating group) is 1. The first-order valence-electron chi connectivity index (χ1n) is 8.71. The zero-order valence-corrected chi connectivity index (χ0v) is 16.5. The molecule has 1 aliphatic rings. The number of carbonyl (C=O) groups excluding carboxylic acids is 2. The fourth-order valence-corrected chi connectivity index (χ4v) is 4.51. The summed E-state index contributed by atoms with van der Waals surface area (Å²) < 4.78 is 0. The third kappa shape index (κ3) is 3.66. The second kappa shape index (κ2) is 6.85. The maximum Gasteiger partial charge on any atom is 0.256 e. The number of amides is 2. The summed E-state index contributed by atoms with van der Waals surface area (Å²) in [5.74, 6) is -0.703. The van der Waals surface area contributed by atoms with Crippen LogP contribution in [0.5, 0.6) is 0 Å². The monoisotopic (exact) mass is 371 g/mol. The molecule has 1 aromatic heterocycles. The van der Waals surface area contributed by atoms with Crippen LogP contribution in [0.2, 0.25) is 0 Å². The Morgan fingerprint density at radius 2 is 1.85 bits per heavy atom. The Labute approximate surface area is 158 Å². The molecular weight excluding hydrogens is 346 g/mol. The molecule has 3 rings (SSSR count). The van der Waals surface area contributed by atoms with Crippen LogP contribution in [-0.4, -0.2) is 30.3 Å². The van der Waals surface area contributed by atoms with E-state index in [1.807, 2.05) is 31.3 Å². The van der Waals surface area contributed by atoms with Gasteiger partial charge in [0.1, 0.15) is 5.00 Å². The van der Waals surface area contributed by atoms with Crippen molar-refractivity contribution in [3.05, 3.63) is 51.4 Å². The molecule has 0 unspecified atom stereocenters. The van der Waals surface area contributed by atoms with Crippen LogP contribution in [0.25, 0.3) is 0 Å². The predicted molar refractivity (Wildman–Crippen MR) is 106 cm³/mol. The quantitative estimate of drug-likeness (QED) is 0.868. The normalized spacial score (nSPS) is 14.8. The number of hydrogen-bond donors (Lipinski definition) is 2. The zero-order chi connectivity index (χ0) is 19.1. The third-order valence-corrected chi connectivity index (χ3v) is 5.87. The number of primary amides is 1. The Hall–Kier alpha value is -2.18. The number of carbonyl (C=O) groups is 2. The summed E-state index contributed by atoms with van der Waals surface area (Å²) in [7, 11) is 2.04. The Bertz CT molecular complexity index is 847. The minimum Gasteiger partial charge on any atom is -0.365 e. The first-order valence-corrected chi connectivity index (χ1v) is 9.53. The van der Waals surface area contributed by atoms with Crippen molar-refractivity contribution >= 4 is 28.2 Å². The van der Waals surface area contributed by atoms with Crippen molar-refractivity contribution in [3.63, 3.8) is 0 Å². The molecule has 1 aliphatic heterocycles. The number of nitrogens with zero attached hydrogens (tertiary/aromatic N) is 1. The second-order valence-corrected chi connectivity index (χ2v) is 8.95. The highest BCUT2D eigenvalue weighted by molar-refractivity contribution is 7.17. The molecule has 2 heterocycles. The van der Waals surface area contributed by atoms with Crippen molar-refractivity contribution in [2.45, 2.75) is 39.2 Å². The molecule has 1 aromatic carbocycles. The molecule has 0 atom stereocenters. The van der Waals surface area contributed by atoms with Crippen LogP contribution in [0.15, 0.2) is 24.3 Å². The maximum absolute atomic E-state index is 12.7. The van der Waals surface area contributed by atoms with Gasteiger partial charge in [0.15, 0.2) is 0 Å². The molecule has 0 aliphatic carbocycles. The van der Waals surface area contributed by atoms with E-state index < -0.39 is 5.91 Å². The topological polar surface area (TPSA) is 75.4 Å². The van der Waals surface area contributed by atoms with Gasteiger partial charge in [0.25, 0.3) is 11.8 Å². The van der Waals surface area contributed by atoms with Gasteiger partial charge in [-0.1, -0.05) is 32.9 Å². The van der Waals surface area contributed by atoms with Crippen LogP contribution in [0, 0.1) is 0 Å². The fraction of sp³-hybridized carbons (Fsp3) is 0.400. The molecular formula is C20H25N3O2S. The minimum atomic E-state index is -0.481. The number of nitrogens with one attached hydrogen (secondary N) is 1. The molecule has 0 radical (unpaired) electrons. The average Bonchev–Trinajstić information content (AvgIpc) is 2.91. The van der Waals surface area contributed by atoms with E-state index in [9.17, 15) is 9.59 Å². The van der Waals surface area contributed by atoms with E-state index in [1.54, 1.807) is 0 Å². The van der Waals surface area contributed by atoms with Gasteiger partial charge in [-0.15, -0.1) is 11.3 Å².